The maximum absolute atomic E-state index is 13.6. The van der Waals surface area contributed by atoms with Crippen molar-refractivity contribution in [1.82, 2.24) is 0 Å². The normalized spacial score (nSPS) is 12.1. The van der Waals surface area contributed by atoms with Crippen LogP contribution in [0, 0.1) is 11.6 Å². The first-order valence-corrected chi connectivity index (χ1v) is 13.8. The minimum Gasteiger partial charge on any atom is -0.493 e. The minimum atomic E-state index is -0.751. The van der Waals surface area contributed by atoms with Crippen LogP contribution in [0.15, 0.2) is 85.1 Å². The monoisotopic (exact) mass is 592 g/mol. The average Bonchev–Trinajstić information content (AvgIpc) is 3.04. The number of aromatic nitrogens is 1. The van der Waals surface area contributed by atoms with Gasteiger partial charge < -0.3 is 18.9 Å². The van der Waals surface area contributed by atoms with Crippen molar-refractivity contribution in [2.45, 2.75) is 13.0 Å². The van der Waals surface area contributed by atoms with E-state index in [0.29, 0.717) is 29.9 Å². The SMILES string of the molecule is COc1ccc2c(c[n+]3c4c2ccc2c(OC(=O)c5ccc(F)cc5)c(OC(=O)c5ccc(F)cc5)cc(c24)CC3)c1OC. The molecule has 0 bridgehead atoms. The Balaban J connectivity index is 1.45. The van der Waals surface area contributed by atoms with Crippen molar-refractivity contribution in [1.29, 1.82) is 0 Å². The molecular formula is C35H24F2NO6+. The number of rotatable bonds is 6. The summed E-state index contributed by atoms with van der Waals surface area (Å²) in [5.74, 6) is -1.16. The van der Waals surface area contributed by atoms with Gasteiger partial charge in [0.15, 0.2) is 35.7 Å². The number of halogens is 2. The highest BCUT2D eigenvalue weighted by atomic mass is 19.1. The summed E-state index contributed by atoms with van der Waals surface area (Å²) in [5.41, 5.74) is 2.06. The summed E-state index contributed by atoms with van der Waals surface area (Å²) in [5, 5.41) is 4.17. The summed E-state index contributed by atoms with van der Waals surface area (Å²) in [6.45, 7) is 0.624. The Labute approximate surface area is 249 Å². The molecule has 218 valence electrons. The van der Waals surface area contributed by atoms with E-state index < -0.39 is 23.6 Å². The Bertz CT molecular complexity index is 2140. The fourth-order valence-corrected chi connectivity index (χ4v) is 5.86. The van der Waals surface area contributed by atoms with E-state index in [1.807, 2.05) is 30.5 Å². The number of pyridine rings is 1. The number of esters is 2. The molecule has 2 heterocycles. The van der Waals surface area contributed by atoms with E-state index >= 15 is 0 Å². The lowest BCUT2D eigenvalue weighted by Crippen LogP contribution is -2.38. The third-order valence-electron chi connectivity index (χ3n) is 7.90. The minimum absolute atomic E-state index is 0.0382. The molecule has 1 aliphatic heterocycles. The van der Waals surface area contributed by atoms with Crippen molar-refractivity contribution < 1.29 is 41.9 Å². The smallest absolute Gasteiger partial charge is 0.343 e. The zero-order valence-corrected chi connectivity index (χ0v) is 23.6. The van der Waals surface area contributed by atoms with Gasteiger partial charge in [-0.25, -0.2) is 18.4 Å². The van der Waals surface area contributed by atoms with Crippen LogP contribution in [-0.4, -0.2) is 26.2 Å². The largest absolute Gasteiger partial charge is 0.493 e. The maximum Gasteiger partial charge on any atom is 0.343 e. The van der Waals surface area contributed by atoms with Gasteiger partial charge in [-0.05, 0) is 84.4 Å². The fourth-order valence-electron chi connectivity index (χ4n) is 5.86. The van der Waals surface area contributed by atoms with Crippen molar-refractivity contribution in [2.24, 2.45) is 0 Å². The Kier molecular flexibility index (Phi) is 6.58. The van der Waals surface area contributed by atoms with Crippen molar-refractivity contribution in [3.05, 3.63) is 113 Å². The standard InChI is InChI=1S/C35H24F2NO6/c1-41-28-14-13-24-25-11-12-26-30-21(15-16-38(31(25)30)18-27(24)32(28)42-2)17-29(43-34(39)19-3-7-22(36)8-4-19)33(26)44-35(40)20-5-9-23(37)10-6-20/h3-14,17-18H,15-16H2,1-2H3/q+1. The molecule has 0 fully saturated rings. The molecule has 6 aromatic rings. The number of aryl methyl sites for hydroxylation is 2. The first-order chi connectivity index (χ1) is 21.4. The lowest BCUT2D eigenvalue weighted by atomic mass is 9.92. The van der Waals surface area contributed by atoms with Gasteiger partial charge in [0, 0.05) is 17.2 Å². The fraction of sp³-hybridized carbons (Fsp3) is 0.114. The third-order valence-corrected chi connectivity index (χ3v) is 7.90. The lowest BCUT2D eigenvalue weighted by molar-refractivity contribution is -0.670. The van der Waals surface area contributed by atoms with Gasteiger partial charge in [-0.1, -0.05) is 0 Å². The van der Waals surface area contributed by atoms with E-state index in [1.54, 1.807) is 20.3 Å². The molecule has 7 rings (SSSR count). The van der Waals surface area contributed by atoms with Gasteiger partial charge in [-0.2, -0.15) is 4.57 Å². The molecule has 7 nitrogen and oxygen atoms in total. The second-order valence-corrected chi connectivity index (χ2v) is 10.4. The highest BCUT2D eigenvalue weighted by Crippen LogP contribution is 2.45. The van der Waals surface area contributed by atoms with Crippen molar-refractivity contribution in [2.75, 3.05) is 14.2 Å². The molecule has 44 heavy (non-hydrogen) atoms. The third kappa shape index (κ3) is 4.44. The van der Waals surface area contributed by atoms with E-state index in [-0.39, 0.29) is 22.6 Å². The molecule has 0 amide bonds. The number of fused-ring (bicyclic) bond motifs is 2. The summed E-state index contributed by atoms with van der Waals surface area (Å²) in [6.07, 6.45) is 2.62. The number of carbonyl (C=O) groups is 2. The predicted octanol–water partition coefficient (Wildman–Crippen LogP) is 6.72. The number of hydrogen-bond acceptors (Lipinski definition) is 6. The van der Waals surface area contributed by atoms with Crippen LogP contribution in [0.3, 0.4) is 0 Å². The molecule has 1 aromatic heterocycles. The van der Waals surface area contributed by atoms with Crippen molar-refractivity contribution in [3.8, 4) is 23.0 Å². The number of ether oxygens (including phenoxy) is 4. The van der Waals surface area contributed by atoms with Crippen LogP contribution >= 0.6 is 0 Å². The second-order valence-electron chi connectivity index (χ2n) is 10.4. The van der Waals surface area contributed by atoms with E-state index in [9.17, 15) is 18.4 Å². The molecule has 0 aliphatic carbocycles. The van der Waals surface area contributed by atoms with E-state index in [2.05, 4.69) is 4.57 Å². The highest BCUT2D eigenvalue weighted by molar-refractivity contribution is 6.17. The molecule has 1 aliphatic rings. The van der Waals surface area contributed by atoms with E-state index in [0.717, 1.165) is 56.9 Å². The van der Waals surface area contributed by atoms with Gasteiger partial charge in [0.25, 0.3) is 0 Å². The molecule has 0 N–H and O–H groups in total. The predicted molar refractivity (Wildman–Crippen MR) is 159 cm³/mol. The van der Waals surface area contributed by atoms with Crippen molar-refractivity contribution in [3.63, 3.8) is 0 Å². The van der Waals surface area contributed by atoms with Gasteiger partial charge >= 0.3 is 11.9 Å². The first-order valence-electron chi connectivity index (χ1n) is 13.8. The summed E-state index contributed by atoms with van der Waals surface area (Å²) in [4.78, 5) is 26.4. The molecule has 0 radical (unpaired) electrons. The Hall–Kier alpha value is -5.57. The Morgan fingerprint density at radius 1 is 0.659 bits per heavy atom. The molecule has 5 aromatic carbocycles. The topological polar surface area (TPSA) is 74.9 Å². The number of nitrogens with zero attached hydrogens (tertiary/aromatic N) is 1. The van der Waals surface area contributed by atoms with Gasteiger partial charge in [-0.3, -0.25) is 0 Å². The van der Waals surface area contributed by atoms with Crippen LogP contribution in [0.25, 0.3) is 32.4 Å². The van der Waals surface area contributed by atoms with Crippen molar-refractivity contribution >= 4 is 44.4 Å². The maximum atomic E-state index is 13.6. The second kappa shape index (κ2) is 10.6. The van der Waals surface area contributed by atoms with Gasteiger partial charge in [0.05, 0.1) is 41.5 Å². The van der Waals surface area contributed by atoms with Gasteiger partial charge in [0.1, 0.15) is 11.6 Å². The average molecular weight is 593 g/mol. The van der Waals surface area contributed by atoms with Crippen LogP contribution in [0.2, 0.25) is 0 Å². The number of benzene rings is 5. The zero-order valence-electron chi connectivity index (χ0n) is 23.6. The van der Waals surface area contributed by atoms with Crippen LogP contribution in [0.1, 0.15) is 26.3 Å². The number of methoxy groups -OCH3 is 2. The Morgan fingerprint density at radius 2 is 1.27 bits per heavy atom. The zero-order chi connectivity index (χ0) is 30.5. The molecular weight excluding hydrogens is 568 g/mol. The number of carbonyl (C=O) groups excluding carboxylic acids is 2. The summed E-state index contributed by atoms with van der Waals surface area (Å²) < 4.78 is 52.2. The van der Waals surface area contributed by atoms with E-state index in [4.69, 9.17) is 18.9 Å². The number of hydrogen-bond donors (Lipinski definition) is 0. The van der Waals surface area contributed by atoms with Gasteiger partial charge in [-0.15, -0.1) is 0 Å². The molecule has 0 saturated heterocycles. The summed E-state index contributed by atoms with van der Waals surface area (Å²) in [7, 11) is 3.20. The molecule has 0 unspecified atom stereocenters. The molecule has 0 atom stereocenters. The van der Waals surface area contributed by atoms with Crippen LogP contribution < -0.4 is 23.5 Å². The van der Waals surface area contributed by atoms with Crippen LogP contribution in [-0.2, 0) is 13.0 Å². The summed E-state index contributed by atoms with van der Waals surface area (Å²) in [6, 6.07) is 19.2. The highest BCUT2D eigenvalue weighted by Gasteiger charge is 2.30. The van der Waals surface area contributed by atoms with Gasteiger partial charge in [0.2, 0.25) is 5.52 Å². The summed E-state index contributed by atoms with van der Waals surface area (Å²) >= 11 is 0. The lowest BCUT2D eigenvalue weighted by Gasteiger charge is -2.20. The quantitative estimate of drug-likeness (QED) is 0.0925. The molecule has 0 saturated carbocycles. The van der Waals surface area contributed by atoms with Crippen LogP contribution in [0.4, 0.5) is 8.78 Å². The Morgan fingerprint density at radius 3 is 1.91 bits per heavy atom. The van der Waals surface area contributed by atoms with Crippen LogP contribution in [0.5, 0.6) is 23.0 Å². The first kappa shape index (κ1) is 27.3. The molecule has 9 heteroatoms. The molecule has 0 spiro atoms. The van der Waals surface area contributed by atoms with E-state index in [1.165, 1.54) is 24.3 Å².